The van der Waals surface area contributed by atoms with Crippen LogP contribution in [0.15, 0.2) is 6.07 Å². The minimum Gasteiger partial charge on any atom is -0.870 e. The number of aromatic nitrogens is 2. The highest BCUT2D eigenvalue weighted by Crippen LogP contribution is 2.23. The summed E-state index contributed by atoms with van der Waals surface area (Å²) in [4.78, 5) is 6.69. The Kier molecular flexibility index (Phi) is 7.18. The molecule has 1 unspecified atom stereocenters. The lowest BCUT2D eigenvalue weighted by molar-refractivity contribution is -0.853. The second-order valence-electron chi connectivity index (χ2n) is 5.85. The minimum absolute atomic E-state index is 0. The van der Waals surface area contributed by atoms with Crippen LogP contribution in [0.3, 0.4) is 0 Å². The average Bonchev–Trinajstić information content (AvgIpc) is 2.44. The number of anilines is 2. The predicted octanol–water partition coefficient (Wildman–Crippen LogP) is 0.727. The molecule has 0 saturated carbocycles. The van der Waals surface area contributed by atoms with Gasteiger partial charge in [0.05, 0.1) is 6.07 Å². The third-order valence-electron chi connectivity index (χ3n) is 4.07. The molecule has 0 aromatic carbocycles. The molecule has 1 aliphatic rings. The molecule has 1 aliphatic heterocycles. The van der Waals surface area contributed by atoms with Crippen LogP contribution >= 0.6 is 0 Å². The van der Waals surface area contributed by atoms with Crippen LogP contribution in [-0.4, -0.2) is 36.0 Å². The lowest BCUT2D eigenvalue weighted by Crippen LogP contribution is -2.52. The first-order chi connectivity index (χ1) is 10.8. The Balaban J connectivity index is 0.00000288. The quantitative estimate of drug-likeness (QED) is 0.590. The van der Waals surface area contributed by atoms with Gasteiger partial charge in [-0.3, -0.25) is 4.55 Å². The number of hydrogen-bond acceptors (Lipinski definition) is 7. The summed E-state index contributed by atoms with van der Waals surface area (Å²) in [7, 11) is -4.66. The molecule has 1 atom stereocenters. The summed E-state index contributed by atoms with van der Waals surface area (Å²) in [5.74, 6) is 1.13. The van der Waals surface area contributed by atoms with E-state index < -0.39 is 10.4 Å². The van der Waals surface area contributed by atoms with Gasteiger partial charge in [-0.05, 0) is 24.5 Å². The Morgan fingerprint density at radius 3 is 2.71 bits per heavy atom. The lowest BCUT2D eigenvalue weighted by Gasteiger charge is -2.30. The fraction of sp³-hybridized carbons (Fsp3) is 0.714. The normalized spacial score (nSPS) is 19.1. The van der Waals surface area contributed by atoms with Gasteiger partial charge in [-0.15, -0.1) is 0 Å². The van der Waals surface area contributed by atoms with Crippen molar-refractivity contribution < 1.29 is 27.5 Å². The van der Waals surface area contributed by atoms with E-state index in [4.69, 9.17) is 10.3 Å². The van der Waals surface area contributed by atoms with Gasteiger partial charge in [-0.25, -0.2) is 4.28 Å². The van der Waals surface area contributed by atoms with Crippen molar-refractivity contribution in [2.24, 2.45) is 0 Å². The van der Waals surface area contributed by atoms with Gasteiger partial charge in [0.2, 0.25) is 5.82 Å². The zero-order chi connectivity index (χ0) is 17.0. The van der Waals surface area contributed by atoms with E-state index in [2.05, 4.69) is 21.1 Å². The van der Waals surface area contributed by atoms with Crippen LogP contribution in [0, 0.1) is 0 Å². The van der Waals surface area contributed by atoms with Crippen LogP contribution in [0.5, 0.6) is 0 Å². The summed E-state index contributed by atoms with van der Waals surface area (Å²) in [5.41, 5.74) is 5.92. The number of nitrogens with zero attached hydrogens (tertiary/aromatic N) is 3. The molecule has 1 saturated heterocycles. The largest absolute Gasteiger partial charge is 0.870 e. The molecule has 24 heavy (non-hydrogen) atoms. The summed E-state index contributed by atoms with van der Waals surface area (Å²) in [5, 5.41) is 0. The first-order valence-corrected chi connectivity index (χ1v) is 9.34. The van der Waals surface area contributed by atoms with Crippen molar-refractivity contribution in [3.05, 3.63) is 11.9 Å². The van der Waals surface area contributed by atoms with Crippen molar-refractivity contribution in [2.45, 2.75) is 58.4 Å². The van der Waals surface area contributed by atoms with Gasteiger partial charge in [0.1, 0.15) is 0 Å². The maximum atomic E-state index is 11.0. The summed E-state index contributed by atoms with van der Waals surface area (Å²) >= 11 is 0. The summed E-state index contributed by atoms with van der Waals surface area (Å²) in [6, 6.07) is 1.92. The monoisotopic (exact) mass is 362 g/mol. The summed E-state index contributed by atoms with van der Waals surface area (Å²) in [6.45, 7) is 4.86. The number of hydrogen-bond donors (Lipinski definition) is 2. The number of rotatable bonds is 4. The molecular weight excluding hydrogens is 336 g/mol. The van der Waals surface area contributed by atoms with Crippen LogP contribution in [0.4, 0.5) is 11.6 Å². The molecule has 2 heterocycles. The van der Waals surface area contributed by atoms with E-state index in [1.807, 2.05) is 6.92 Å². The molecule has 10 heteroatoms. The molecule has 0 amide bonds. The van der Waals surface area contributed by atoms with Crippen molar-refractivity contribution >= 4 is 22.0 Å². The molecule has 1 fully saturated rings. The van der Waals surface area contributed by atoms with E-state index >= 15 is 0 Å². The fourth-order valence-electron chi connectivity index (χ4n) is 2.89. The highest BCUT2D eigenvalue weighted by atomic mass is 32.3. The zero-order valence-electron chi connectivity index (χ0n) is 14.1. The highest BCUT2D eigenvalue weighted by molar-refractivity contribution is 7.80. The molecule has 0 spiro atoms. The molecular formula is C14H26N4O5S. The van der Waals surface area contributed by atoms with E-state index in [0.29, 0.717) is 24.1 Å². The van der Waals surface area contributed by atoms with Gasteiger partial charge in [-0.1, -0.05) is 31.2 Å². The van der Waals surface area contributed by atoms with Crippen LogP contribution in [0.25, 0.3) is 0 Å². The Labute approximate surface area is 142 Å². The van der Waals surface area contributed by atoms with E-state index in [-0.39, 0.29) is 11.3 Å². The van der Waals surface area contributed by atoms with Crippen molar-refractivity contribution in [3.63, 3.8) is 0 Å². The maximum absolute atomic E-state index is 11.0. The summed E-state index contributed by atoms with van der Waals surface area (Å²) in [6.07, 6.45) is 6.22. The van der Waals surface area contributed by atoms with Crippen molar-refractivity contribution in [2.75, 3.05) is 17.2 Å². The third kappa shape index (κ3) is 5.18. The van der Waals surface area contributed by atoms with E-state index in [9.17, 15) is 8.42 Å². The van der Waals surface area contributed by atoms with Crippen molar-refractivity contribution in [1.29, 1.82) is 0 Å². The number of nitrogens with two attached hydrogens (primary N) is 1. The van der Waals surface area contributed by atoms with E-state index in [1.165, 1.54) is 19.3 Å². The Hall–Kier alpha value is -1.65. The molecule has 9 nitrogen and oxygen atoms in total. The first-order valence-electron chi connectivity index (χ1n) is 7.97. The van der Waals surface area contributed by atoms with Crippen LogP contribution < -0.4 is 19.6 Å². The van der Waals surface area contributed by atoms with Crippen LogP contribution in [-0.2, 0) is 16.8 Å². The zero-order valence-corrected chi connectivity index (χ0v) is 14.9. The molecule has 1 aromatic heterocycles. The van der Waals surface area contributed by atoms with Gasteiger partial charge in [0, 0.05) is 19.0 Å². The minimum atomic E-state index is -4.66. The molecule has 1 aromatic rings. The lowest BCUT2D eigenvalue weighted by atomic mass is 10.0. The molecule has 0 bridgehead atoms. The van der Waals surface area contributed by atoms with Crippen molar-refractivity contribution in [3.8, 4) is 0 Å². The van der Waals surface area contributed by atoms with Gasteiger partial charge in [0.15, 0.2) is 0 Å². The Morgan fingerprint density at radius 2 is 2.08 bits per heavy atom. The highest BCUT2D eigenvalue weighted by Gasteiger charge is 2.26. The average molecular weight is 362 g/mol. The van der Waals surface area contributed by atoms with Gasteiger partial charge < -0.3 is 16.1 Å². The topological polar surface area (TPSA) is 140 Å². The first kappa shape index (κ1) is 20.4. The fourth-order valence-corrected chi connectivity index (χ4v) is 3.25. The van der Waals surface area contributed by atoms with Gasteiger partial charge >= 0.3 is 10.4 Å². The number of nitrogen functional groups attached to an aromatic ring is 1. The number of aryl methyl sites for hydroxylation is 1. The smallest absolute Gasteiger partial charge is 0.476 e. The molecule has 2 rings (SSSR count). The maximum Gasteiger partial charge on any atom is 0.476 e. The van der Waals surface area contributed by atoms with Crippen molar-refractivity contribution in [1.82, 2.24) is 4.98 Å². The van der Waals surface area contributed by atoms with Gasteiger partial charge in [-0.2, -0.15) is 8.42 Å². The van der Waals surface area contributed by atoms with E-state index in [1.54, 1.807) is 6.07 Å². The molecule has 0 radical (unpaired) electrons. The predicted molar refractivity (Wildman–Crippen MR) is 88.2 cm³/mol. The second kappa shape index (κ2) is 8.45. The standard InChI is InChI=1S/C14H24N4O4S.H2O/c1-3-13-16-14(10-12(15)18(13)22-23(19,20)21)17-9-7-5-4-6-8-11(17)2;/h10-11,15H,3-9H2,1-2H3,(H,19,20,21);1H2. The van der Waals surface area contributed by atoms with Crippen LogP contribution in [0.2, 0.25) is 0 Å². The molecule has 138 valence electrons. The second-order valence-corrected chi connectivity index (χ2v) is 6.86. The Morgan fingerprint density at radius 1 is 1.42 bits per heavy atom. The molecule has 4 N–H and O–H groups in total. The van der Waals surface area contributed by atoms with E-state index in [0.717, 1.165) is 24.1 Å². The Bertz CT molecular complexity index is 653. The van der Waals surface area contributed by atoms with Gasteiger partial charge in [0.25, 0.3) is 11.6 Å². The van der Waals surface area contributed by atoms with Crippen LogP contribution in [0.1, 0.15) is 51.8 Å². The molecule has 0 aliphatic carbocycles. The summed E-state index contributed by atoms with van der Waals surface area (Å²) < 4.78 is 36.2. The SMILES string of the molecule is CCc1nc(N2CCCCCCC2C)cc(N)[n+]1OS(=O)(=O)O.[OH-]. The third-order valence-corrected chi connectivity index (χ3v) is 4.41.